The van der Waals surface area contributed by atoms with Crippen molar-refractivity contribution in [2.45, 2.75) is 6.92 Å². The molecule has 0 saturated heterocycles. The zero-order chi connectivity index (χ0) is 12.0. The van der Waals surface area contributed by atoms with E-state index in [-0.39, 0.29) is 18.4 Å². The van der Waals surface area contributed by atoms with Gasteiger partial charge in [-0.25, -0.2) is 0 Å². The molecule has 0 atom stereocenters. The highest BCUT2D eigenvalue weighted by molar-refractivity contribution is 5.96. The molecule has 0 saturated carbocycles. The van der Waals surface area contributed by atoms with Gasteiger partial charge in [0.25, 0.3) is 5.91 Å². The first-order chi connectivity index (χ1) is 7.65. The van der Waals surface area contributed by atoms with Crippen molar-refractivity contribution in [3.63, 3.8) is 0 Å². The van der Waals surface area contributed by atoms with Crippen LogP contribution in [0.5, 0.6) is 0 Å². The summed E-state index contributed by atoms with van der Waals surface area (Å²) >= 11 is 0. The van der Waals surface area contributed by atoms with E-state index in [9.17, 15) is 9.59 Å². The molecule has 0 aromatic heterocycles. The summed E-state index contributed by atoms with van der Waals surface area (Å²) in [4.78, 5) is 24.5. The van der Waals surface area contributed by atoms with Crippen LogP contribution in [0.3, 0.4) is 0 Å². The molecule has 0 spiro atoms. The lowest BCUT2D eigenvalue weighted by atomic mass is 10.2. The normalized spacial score (nSPS) is 9.62. The molecule has 0 radical (unpaired) electrons. The molecule has 0 bridgehead atoms. The molecule has 86 valence electrons. The van der Waals surface area contributed by atoms with Crippen molar-refractivity contribution in [3.05, 3.63) is 35.9 Å². The second-order valence-electron chi connectivity index (χ2n) is 3.48. The zero-order valence-corrected chi connectivity index (χ0v) is 9.56. The molecular weight excluding hydrogens is 204 g/mol. The van der Waals surface area contributed by atoms with Crippen LogP contribution in [-0.4, -0.2) is 36.9 Å². The van der Waals surface area contributed by atoms with Crippen LogP contribution in [0.25, 0.3) is 0 Å². The predicted molar refractivity (Wildman–Crippen MR) is 62.1 cm³/mol. The molecule has 4 heteroatoms. The maximum atomic E-state index is 11.8. The van der Waals surface area contributed by atoms with Crippen molar-refractivity contribution < 1.29 is 9.59 Å². The molecule has 0 aliphatic heterocycles. The fourth-order valence-corrected chi connectivity index (χ4v) is 1.34. The average Bonchev–Trinajstić information content (AvgIpc) is 2.29. The molecule has 1 aromatic carbocycles. The van der Waals surface area contributed by atoms with Gasteiger partial charge in [-0.05, 0) is 19.1 Å². The maximum Gasteiger partial charge on any atom is 0.254 e. The molecule has 0 fully saturated rings. The number of hydrogen-bond donors (Lipinski definition) is 1. The number of carbonyl (C=O) groups is 2. The standard InChI is InChI=1S/C12H16N2O2/c1-3-13-11(15)9-14(2)12(16)10-7-5-4-6-8-10/h4-8H,3,9H2,1-2H3,(H,13,15). The fraction of sp³-hybridized carbons (Fsp3) is 0.333. The summed E-state index contributed by atoms with van der Waals surface area (Å²) in [5.74, 6) is -0.291. The van der Waals surface area contributed by atoms with E-state index in [1.807, 2.05) is 13.0 Å². The Kier molecular flexibility index (Phi) is 4.51. The number of carbonyl (C=O) groups excluding carboxylic acids is 2. The van der Waals surface area contributed by atoms with Crippen LogP contribution in [0.15, 0.2) is 30.3 Å². The van der Waals surface area contributed by atoms with Gasteiger partial charge < -0.3 is 10.2 Å². The topological polar surface area (TPSA) is 49.4 Å². The van der Waals surface area contributed by atoms with E-state index in [4.69, 9.17) is 0 Å². The highest BCUT2D eigenvalue weighted by atomic mass is 16.2. The van der Waals surface area contributed by atoms with Crippen molar-refractivity contribution in [1.29, 1.82) is 0 Å². The zero-order valence-electron chi connectivity index (χ0n) is 9.56. The summed E-state index contributed by atoms with van der Waals surface area (Å²) in [7, 11) is 1.62. The minimum absolute atomic E-state index is 0.0849. The Morgan fingerprint density at radius 1 is 1.25 bits per heavy atom. The molecule has 4 nitrogen and oxygen atoms in total. The third-order valence-electron chi connectivity index (χ3n) is 2.12. The highest BCUT2D eigenvalue weighted by Gasteiger charge is 2.13. The first-order valence-electron chi connectivity index (χ1n) is 5.22. The van der Waals surface area contributed by atoms with Gasteiger partial charge in [0.05, 0.1) is 6.54 Å². The molecule has 0 aliphatic carbocycles. The Bertz CT molecular complexity index is 363. The first-order valence-corrected chi connectivity index (χ1v) is 5.22. The van der Waals surface area contributed by atoms with Crippen LogP contribution in [0, 0.1) is 0 Å². The van der Waals surface area contributed by atoms with E-state index < -0.39 is 0 Å². The van der Waals surface area contributed by atoms with Gasteiger partial charge in [0.2, 0.25) is 5.91 Å². The van der Waals surface area contributed by atoms with Gasteiger partial charge in [-0.1, -0.05) is 18.2 Å². The van der Waals surface area contributed by atoms with Gasteiger partial charge in [-0.2, -0.15) is 0 Å². The molecule has 0 aliphatic rings. The summed E-state index contributed by atoms with van der Waals surface area (Å²) < 4.78 is 0. The summed E-state index contributed by atoms with van der Waals surface area (Å²) in [5.41, 5.74) is 0.592. The Morgan fingerprint density at radius 2 is 1.88 bits per heavy atom. The number of benzene rings is 1. The van der Waals surface area contributed by atoms with Crippen LogP contribution in [-0.2, 0) is 4.79 Å². The van der Waals surface area contributed by atoms with Gasteiger partial charge in [0.1, 0.15) is 0 Å². The molecule has 1 N–H and O–H groups in total. The fourth-order valence-electron chi connectivity index (χ4n) is 1.34. The third kappa shape index (κ3) is 3.38. The van der Waals surface area contributed by atoms with Crippen molar-refractivity contribution in [2.75, 3.05) is 20.1 Å². The third-order valence-corrected chi connectivity index (χ3v) is 2.12. The summed E-state index contributed by atoms with van der Waals surface area (Å²) in [5, 5.41) is 2.65. The second-order valence-corrected chi connectivity index (χ2v) is 3.48. The van der Waals surface area contributed by atoms with Crippen LogP contribution >= 0.6 is 0 Å². The minimum Gasteiger partial charge on any atom is -0.355 e. The van der Waals surface area contributed by atoms with Crippen molar-refractivity contribution in [3.8, 4) is 0 Å². The molecular formula is C12H16N2O2. The largest absolute Gasteiger partial charge is 0.355 e. The summed E-state index contributed by atoms with van der Waals surface area (Å²) in [6.45, 7) is 2.50. The number of hydrogen-bond acceptors (Lipinski definition) is 2. The molecule has 0 heterocycles. The van der Waals surface area contributed by atoms with Gasteiger partial charge in [-0.3, -0.25) is 9.59 Å². The lowest BCUT2D eigenvalue weighted by Gasteiger charge is -2.16. The Morgan fingerprint density at radius 3 is 2.44 bits per heavy atom. The van der Waals surface area contributed by atoms with Gasteiger partial charge >= 0.3 is 0 Å². The van der Waals surface area contributed by atoms with Crippen LogP contribution in [0.4, 0.5) is 0 Å². The van der Waals surface area contributed by atoms with E-state index in [1.54, 1.807) is 31.3 Å². The predicted octanol–water partition coefficient (Wildman–Crippen LogP) is 0.895. The van der Waals surface area contributed by atoms with E-state index in [0.717, 1.165) is 0 Å². The van der Waals surface area contributed by atoms with Crippen LogP contribution in [0.2, 0.25) is 0 Å². The SMILES string of the molecule is CCNC(=O)CN(C)C(=O)c1ccccc1. The van der Waals surface area contributed by atoms with Crippen LogP contribution in [0.1, 0.15) is 17.3 Å². The Balaban J connectivity index is 2.58. The Labute approximate surface area is 95.3 Å². The number of rotatable bonds is 4. The number of nitrogens with one attached hydrogen (secondary N) is 1. The molecule has 1 rings (SSSR count). The van der Waals surface area contributed by atoms with Crippen molar-refractivity contribution >= 4 is 11.8 Å². The average molecular weight is 220 g/mol. The van der Waals surface area contributed by atoms with E-state index in [2.05, 4.69) is 5.32 Å². The molecule has 1 aromatic rings. The molecule has 2 amide bonds. The van der Waals surface area contributed by atoms with Gasteiger partial charge in [-0.15, -0.1) is 0 Å². The number of nitrogens with zero attached hydrogens (tertiary/aromatic N) is 1. The monoisotopic (exact) mass is 220 g/mol. The number of likely N-dealkylation sites (N-methyl/N-ethyl adjacent to an activating group) is 2. The maximum absolute atomic E-state index is 11.8. The van der Waals surface area contributed by atoms with E-state index in [0.29, 0.717) is 12.1 Å². The molecule has 16 heavy (non-hydrogen) atoms. The van der Waals surface area contributed by atoms with Crippen LogP contribution < -0.4 is 5.32 Å². The van der Waals surface area contributed by atoms with E-state index in [1.165, 1.54) is 4.90 Å². The quantitative estimate of drug-likeness (QED) is 0.819. The smallest absolute Gasteiger partial charge is 0.254 e. The minimum atomic E-state index is -0.146. The second kappa shape index (κ2) is 5.90. The lowest BCUT2D eigenvalue weighted by molar-refractivity contribution is -0.121. The van der Waals surface area contributed by atoms with Crippen molar-refractivity contribution in [1.82, 2.24) is 10.2 Å². The van der Waals surface area contributed by atoms with E-state index >= 15 is 0 Å². The molecule has 0 unspecified atom stereocenters. The van der Waals surface area contributed by atoms with Gasteiger partial charge in [0.15, 0.2) is 0 Å². The Hall–Kier alpha value is -1.84. The summed E-state index contributed by atoms with van der Waals surface area (Å²) in [6, 6.07) is 8.91. The lowest BCUT2D eigenvalue weighted by Crippen LogP contribution is -2.38. The van der Waals surface area contributed by atoms with Gasteiger partial charge in [0, 0.05) is 19.2 Å². The van der Waals surface area contributed by atoms with Crippen molar-refractivity contribution in [2.24, 2.45) is 0 Å². The first kappa shape index (κ1) is 12.2. The highest BCUT2D eigenvalue weighted by Crippen LogP contribution is 2.02. The number of amides is 2. The summed E-state index contributed by atoms with van der Waals surface area (Å²) in [6.07, 6.45) is 0.